The van der Waals surface area contributed by atoms with E-state index in [4.69, 9.17) is 9.16 Å². The number of nitrogens with zero attached hydrogens (tertiary/aromatic N) is 5. The minimum absolute atomic E-state index is 0.0485. The Kier molecular flexibility index (Phi) is 7.61. The highest BCUT2D eigenvalue weighted by molar-refractivity contribution is 6.74. The predicted octanol–water partition coefficient (Wildman–Crippen LogP) is 5.07. The molecule has 0 spiro atoms. The summed E-state index contributed by atoms with van der Waals surface area (Å²) >= 11 is 0. The fraction of sp³-hybridized carbons (Fsp3) is 0.520. The number of carbonyl (C=O) groups is 1. The molecule has 0 unspecified atom stereocenters. The molecule has 8 nitrogen and oxygen atoms in total. The quantitative estimate of drug-likeness (QED) is 0.463. The summed E-state index contributed by atoms with van der Waals surface area (Å²) in [6, 6.07) is 2.14. The fourth-order valence-corrected chi connectivity index (χ4v) is 4.92. The van der Waals surface area contributed by atoms with Gasteiger partial charge in [-0.3, -0.25) is 0 Å². The van der Waals surface area contributed by atoms with E-state index in [0.29, 0.717) is 25.0 Å². The fourth-order valence-electron chi connectivity index (χ4n) is 3.88. The normalized spacial score (nSPS) is 18.3. The molecule has 12 heteroatoms. The van der Waals surface area contributed by atoms with E-state index < -0.39 is 43.9 Å². The third kappa shape index (κ3) is 5.95. The molecule has 2 aromatic rings. The molecular weight excluding hydrogens is 503 g/mol. The lowest BCUT2D eigenvalue weighted by atomic mass is 10.0. The van der Waals surface area contributed by atoms with E-state index in [9.17, 15) is 18.0 Å². The van der Waals surface area contributed by atoms with Crippen molar-refractivity contribution in [2.24, 2.45) is 5.10 Å². The molecule has 200 valence electrons. The van der Waals surface area contributed by atoms with Crippen molar-refractivity contribution >= 4 is 20.6 Å². The van der Waals surface area contributed by atoms with Crippen LogP contribution in [0.5, 0.6) is 5.88 Å². The Balaban J connectivity index is 1.32. The SMILES string of the molecule is CC(C)(C)[Si](C)(C)OCCc1ncnc(OC2CN(C(=O)N3N=CC[C@H]3c3cc(F)cc(F)c3)C2)c1F. The Labute approximate surface area is 215 Å². The Hall–Kier alpha value is -2.99. The molecule has 2 amide bonds. The summed E-state index contributed by atoms with van der Waals surface area (Å²) < 4.78 is 54.2. The van der Waals surface area contributed by atoms with Crippen molar-refractivity contribution in [2.75, 3.05) is 19.7 Å². The molecule has 1 atom stereocenters. The maximum atomic E-state index is 15.0. The van der Waals surface area contributed by atoms with Crippen LogP contribution in [0.1, 0.15) is 44.5 Å². The Bertz CT molecular complexity index is 1160. The highest BCUT2D eigenvalue weighted by atomic mass is 28.4. The van der Waals surface area contributed by atoms with Crippen LogP contribution >= 0.6 is 0 Å². The van der Waals surface area contributed by atoms with Crippen molar-refractivity contribution in [3.8, 4) is 5.88 Å². The first-order valence-electron chi connectivity index (χ1n) is 12.2. The molecule has 0 aliphatic carbocycles. The largest absolute Gasteiger partial charge is 0.468 e. The smallest absolute Gasteiger partial charge is 0.341 e. The van der Waals surface area contributed by atoms with Gasteiger partial charge in [-0.1, -0.05) is 20.8 Å². The van der Waals surface area contributed by atoms with Crippen LogP contribution in [0.4, 0.5) is 18.0 Å². The molecule has 37 heavy (non-hydrogen) atoms. The summed E-state index contributed by atoms with van der Waals surface area (Å²) in [4.78, 5) is 22.4. The third-order valence-electron chi connectivity index (χ3n) is 7.13. The van der Waals surface area contributed by atoms with Crippen molar-refractivity contribution in [1.82, 2.24) is 19.9 Å². The molecular formula is C25H32F3N5O3Si. The van der Waals surface area contributed by atoms with Crippen molar-refractivity contribution in [3.63, 3.8) is 0 Å². The minimum atomic E-state index is -1.96. The molecule has 0 N–H and O–H groups in total. The number of hydrogen-bond acceptors (Lipinski definition) is 6. The standard InChI is InChI=1S/C25H32F3N5O3Si/c1-25(2,3)37(4,5)35-9-7-20-22(28)23(30-15-29-20)36-19-13-32(14-19)24(34)33-21(6-8-31-33)16-10-17(26)12-18(27)11-16/h8,10-12,15,19,21H,6-7,9,13-14H2,1-5H3/t21-/m0/s1. The monoisotopic (exact) mass is 535 g/mol. The van der Waals surface area contributed by atoms with Gasteiger partial charge in [0, 0.05) is 31.7 Å². The Morgan fingerprint density at radius 2 is 1.78 bits per heavy atom. The molecule has 4 rings (SSSR count). The van der Waals surface area contributed by atoms with Gasteiger partial charge in [0.25, 0.3) is 5.88 Å². The van der Waals surface area contributed by atoms with Crippen LogP contribution in [-0.2, 0) is 10.8 Å². The molecule has 1 fully saturated rings. The number of hydrazone groups is 1. The second-order valence-electron chi connectivity index (χ2n) is 10.8. The van der Waals surface area contributed by atoms with E-state index in [1.165, 1.54) is 34.6 Å². The Morgan fingerprint density at radius 1 is 1.11 bits per heavy atom. The van der Waals surface area contributed by atoms with Gasteiger partial charge >= 0.3 is 6.03 Å². The first kappa shape index (κ1) is 27.1. The van der Waals surface area contributed by atoms with Crippen LogP contribution in [-0.4, -0.2) is 66.2 Å². The van der Waals surface area contributed by atoms with E-state index in [1.54, 1.807) is 0 Å². The zero-order valence-corrected chi connectivity index (χ0v) is 22.7. The number of halogens is 3. The van der Waals surface area contributed by atoms with Crippen LogP contribution in [0.25, 0.3) is 0 Å². The number of hydrogen-bond donors (Lipinski definition) is 0. The first-order valence-corrected chi connectivity index (χ1v) is 15.1. The van der Waals surface area contributed by atoms with Crippen molar-refractivity contribution < 1.29 is 27.1 Å². The van der Waals surface area contributed by atoms with Crippen molar-refractivity contribution in [3.05, 3.63) is 53.2 Å². The van der Waals surface area contributed by atoms with E-state index in [-0.39, 0.29) is 29.7 Å². The summed E-state index contributed by atoms with van der Waals surface area (Å²) in [5, 5.41) is 5.35. The summed E-state index contributed by atoms with van der Waals surface area (Å²) in [7, 11) is -1.96. The molecule has 0 bridgehead atoms. The van der Waals surface area contributed by atoms with Crippen LogP contribution < -0.4 is 4.74 Å². The topological polar surface area (TPSA) is 80.2 Å². The van der Waals surface area contributed by atoms with Crippen LogP contribution in [0.2, 0.25) is 18.1 Å². The van der Waals surface area contributed by atoms with E-state index in [0.717, 1.165) is 6.07 Å². The lowest BCUT2D eigenvalue weighted by Gasteiger charge is -2.40. The van der Waals surface area contributed by atoms with Gasteiger partial charge in [-0.2, -0.15) is 14.5 Å². The molecule has 0 radical (unpaired) electrons. The Morgan fingerprint density at radius 3 is 2.43 bits per heavy atom. The third-order valence-corrected chi connectivity index (χ3v) is 11.7. The van der Waals surface area contributed by atoms with Gasteiger partial charge in [-0.25, -0.2) is 23.6 Å². The molecule has 2 aliphatic rings. The van der Waals surface area contributed by atoms with E-state index in [2.05, 4.69) is 48.9 Å². The van der Waals surface area contributed by atoms with E-state index in [1.807, 2.05) is 0 Å². The molecule has 3 heterocycles. The van der Waals surface area contributed by atoms with Gasteiger partial charge in [-0.15, -0.1) is 0 Å². The van der Waals surface area contributed by atoms with Gasteiger partial charge in [0.1, 0.15) is 24.1 Å². The lowest BCUT2D eigenvalue weighted by molar-refractivity contribution is 0.0227. The summed E-state index contributed by atoms with van der Waals surface area (Å²) in [5.41, 5.74) is 0.539. The average Bonchev–Trinajstić information content (AvgIpc) is 3.26. The number of carbonyl (C=O) groups excluding carboxylic acids is 1. The summed E-state index contributed by atoms with van der Waals surface area (Å²) in [6.45, 7) is 11.4. The minimum Gasteiger partial charge on any atom is -0.468 e. The van der Waals surface area contributed by atoms with Crippen molar-refractivity contribution in [2.45, 2.75) is 63.9 Å². The van der Waals surface area contributed by atoms with Gasteiger partial charge in [0.2, 0.25) is 5.82 Å². The first-order chi connectivity index (χ1) is 17.4. The second-order valence-corrected chi connectivity index (χ2v) is 15.6. The molecule has 0 saturated carbocycles. The maximum absolute atomic E-state index is 15.0. The molecule has 1 aromatic heterocycles. The van der Waals surface area contributed by atoms with Gasteiger partial charge in [-0.05, 0) is 35.8 Å². The van der Waals surface area contributed by atoms with Crippen LogP contribution in [0, 0.1) is 17.5 Å². The number of aromatic nitrogens is 2. The number of ether oxygens (including phenoxy) is 1. The summed E-state index contributed by atoms with van der Waals surface area (Å²) in [6.07, 6.45) is 2.97. The number of likely N-dealkylation sites (tertiary alicyclic amines) is 1. The van der Waals surface area contributed by atoms with Gasteiger partial charge < -0.3 is 14.1 Å². The maximum Gasteiger partial charge on any atom is 0.341 e. The molecule has 1 saturated heterocycles. The van der Waals surface area contributed by atoms with Gasteiger partial charge in [0.15, 0.2) is 8.32 Å². The van der Waals surface area contributed by atoms with Gasteiger partial charge in [0.05, 0.1) is 24.8 Å². The number of urea groups is 1. The second kappa shape index (κ2) is 10.4. The van der Waals surface area contributed by atoms with E-state index >= 15 is 0 Å². The van der Waals surface area contributed by atoms with Crippen molar-refractivity contribution in [1.29, 1.82) is 0 Å². The number of amides is 2. The summed E-state index contributed by atoms with van der Waals surface area (Å²) in [5.74, 6) is -2.24. The zero-order valence-electron chi connectivity index (χ0n) is 21.7. The molecule has 2 aliphatic heterocycles. The average molecular weight is 536 g/mol. The number of benzene rings is 1. The predicted molar refractivity (Wildman–Crippen MR) is 134 cm³/mol. The lowest BCUT2D eigenvalue weighted by Crippen LogP contribution is -2.59. The number of rotatable bonds is 7. The highest BCUT2D eigenvalue weighted by Crippen LogP contribution is 2.36. The highest BCUT2D eigenvalue weighted by Gasteiger charge is 2.40. The van der Waals surface area contributed by atoms with Crippen LogP contribution in [0.15, 0.2) is 29.6 Å². The zero-order chi connectivity index (χ0) is 27.0. The molecule has 1 aromatic carbocycles. The van der Waals surface area contributed by atoms with Crippen LogP contribution in [0.3, 0.4) is 0 Å².